The van der Waals surface area contributed by atoms with Gasteiger partial charge in [-0.05, 0) is 50.7 Å². The van der Waals surface area contributed by atoms with Crippen LogP contribution in [0.3, 0.4) is 0 Å². The zero-order valence-corrected chi connectivity index (χ0v) is 20.2. The Labute approximate surface area is 211 Å². The first kappa shape index (κ1) is 20.4. The molecule has 0 radical (unpaired) electrons. The Kier molecular flexibility index (Phi) is 6.61. The molecule has 1 saturated heterocycles. The predicted octanol–water partition coefficient (Wildman–Crippen LogP) is 2.82. The minimum absolute atomic E-state index is 0.101. The van der Waals surface area contributed by atoms with E-state index >= 15 is 4.39 Å². The van der Waals surface area contributed by atoms with E-state index in [4.69, 9.17) is 21.2 Å². The summed E-state index contributed by atoms with van der Waals surface area (Å²) in [6, 6.07) is 6.12. The van der Waals surface area contributed by atoms with Gasteiger partial charge in [0.2, 0.25) is 0 Å². The number of ether oxygens (including phenoxy) is 2. The summed E-state index contributed by atoms with van der Waals surface area (Å²) in [5.74, 6) is -1.88. The molecular formula is C24H31FN2O7S. The molecule has 11 heteroatoms. The van der Waals surface area contributed by atoms with Gasteiger partial charge in [-0.1, -0.05) is 12.1 Å². The van der Waals surface area contributed by atoms with E-state index in [-0.39, 0.29) is 29.8 Å². The lowest BCUT2D eigenvalue weighted by Gasteiger charge is -2.28. The molecule has 0 aliphatic carbocycles. The summed E-state index contributed by atoms with van der Waals surface area (Å²) in [6.07, 6.45) is 2.93. The van der Waals surface area contributed by atoms with Crippen molar-refractivity contribution in [2.24, 2.45) is 0 Å². The zero-order valence-electron chi connectivity index (χ0n) is 24.4. The number of benzene rings is 1. The van der Waals surface area contributed by atoms with Gasteiger partial charge in [0.25, 0.3) is 11.5 Å². The van der Waals surface area contributed by atoms with Crippen LogP contribution in [0.1, 0.15) is 46.3 Å². The van der Waals surface area contributed by atoms with Crippen LogP contribution in [-0.2, 0) is 30.8 Å². The number of aryl methyl sites for hydroxylation is 1. The molecule has 35 heavy (non-hydrogen) atoms. The average Bonchev–Trinajstić information content (AvgIpc) is 2.87. The van der Waals surface area contributed by atoms with E-state index in [0.717, 1.165) is 35.9 Å². The van der Waals surface area contributed by atoms with Gasteiger partial charge in [-0.15, -0.1) is 0 Å². The third-order valence-electron chi connectivity index (χ3n) is 5.96. The molecule has 0 saturated carbocycles. The van der Waals surface area contributed by atoms with Crippen molar-refractivity contribution in [3.63, 3.8) is 0 Å². The maximum atomic E-state index is 15.0. The fraction of sp³-hybridized carbons (Fsp3) is 0.500. The molecule has 1 fully saturated rings. The molecule has 1 aliphatic rings. The van der Waals surface area contributed by atoms with Crippen LogP contribution in [0.4, 0.5) is 4.39 Å². The highest BCUT2D eigenvalue weighted by molar-refractivity contribution is 7.92. The van der Waals surface area contributed by atoms with E-state index in [1.807, 2.05) is 0 Å². The van der Waals surface area contributed by atoms with Crippen LogP contribution in [0.25, 0.3) is 11.1 Å². The Bertz CT molecular complexity index is 1380. The number of sulfone groups is 1. The van der Waals surface area contributed by atoms with Crippen LogP contribution < -0.4 is 15.8 Å². The number of carbonyl (C=O) groups is 1. The summed E-state index contributed by atoms with van der Waals surface area (Å²) in [5.41, 5.74) is 1.61. The molecule has 0 bridgehead atoms. The number of pyridine rings is 1. The highest BCUT2D eigenvalue weighted by atomic mass is 32.2. The maximum absolute atomic E-state index is 15.0. The SMILES string of the molecule is [2H]C([2H])([2H])C([2H])([2H])Oc1ccc(-c2cc(=O)n(CC[C@](C)(C(=O)NOC3CCCCO3)S(C)(=O)=O)cc2F)cc1. The van der Waals surface area contributed by atoms with E-state index in [1.54, 1.807) is 0 Å². The molecule has 1 N–H and O–H groups in total. The normalized spacial score (nSPS) is 20.9. The highest BCUT2D eigenvalue weighted by Crippen LogP contribution is 2.26. The van der Waals surface area contributed by atoms with Crippen LogP contribution in [-0.4, -0.2) is 49.4 Å². The van der Waals surface area contributed by atoms with Gasteiger partial charge < -0.3 is 14.0 Å². The van der Waals surface area contributed by atoms with Crippen LogP contribution in [0, 0.1) is 5.82 Å². The second-order valence-electron chi connectivity index (χ2n) is 8.39. The van der Waals surface area contributed by atoms with Crippen LogP contribution in [0.2, 0.25) is 0 Å². The quantitative estimate of drug-likeness (QED) is 0.484. The number of hydrogen-bond donors (Lipinski definition) is 1. The predicted molar refractivity (Wildman–Crippen MR) is 128 cm³/mol. The molecule has 1 amide bonds. The number of rotatable bonds is 10. The lowest BCUT2D eigenvalue weighted by molar-refractivity contribution is -0.201. The molecular weight excluding hydrogens is 479 g/mol. The monoisotopic (exact) mass is 515 g/mol. The second kappa shape index (κ2) is 11.3. The molecule has 192 valence electrons. The summed E-state index contributed by atoms with van der Waals surface area (Å²) in [5, 5.41) is 0. The number of nitrogens with zero attached hydrogens (tertiary/aromatic N) is 1. The third kappa shape index (κ3) is 6.47. The molecule has 2 atom stereocenters. The summed E-state index contributed by atoms with van der Waals surface area (Å²) < 4.78 is 86.0. The third-order valence-corrected chi connectivity index (χ3v) is 7.99. The Morgan fingerprint density at radius 1 is 1.37 bits per heavy atom. The molecule has 2 aromatic rings. The van der Waals surface area contributed by atoms with Gasteiger partial charge in [0.1, 0.15) is 11.6 Å². The van der Waals surface area contributed by atoms with Crippen molar-refractivity contribution in [3.8, 4) is 16.9 Å². The number of carbonyl (C=O) groups excluding carboxylic acids is 1. The van der Waals surface area contributed by atoms with Crippen LogP contribution >= 0.6 is 0 Å². The molecule has 1 unspecified atom stereocenters. The average molecular weight is 516 g/mol. The second-order valence-corrected chi connectivity index (χ2v) is 10.8. The lowest BCUT2D eigenvalue weighted by Crippen LogP contribution is -2.51. The van der Waals surface area contributed by atoms with Gasteiger partial charge in [-0.25, -0.2) is 23.1 Å². The molecule has 9 nitrogen and oxygen atoms in total. The minimum Gasteiger partial charge on any atom is -0.494 e. The number of halogens is 1. The van der Waals surface area contributed by atoms with Crippen molar-refractivity contribution in [1.82, 2.24) is 10.0 Å². The summed E-state index contributed by atoms with van der Waals surface area (Å²) in [4.78, 5) is 30.8. The van der Waals surface area contributed by atoms with Crippen molar-refractivity contribution in [2.75, 3.05) is 19.4 Å². The van der Waals surface area contributed by atoms with Gasteiger partial charge >= 0.3 is 0 Å². The first-order valence-corrected chi connectivity index (χ1v) is 12.8. The van der Waals surface area contributed by atoms with E-state index in [9.17, 15) is 18.0 Å². The van der Waals surface area contributed by atoms with Gasteiger partial charge in [0.05, 0.1) is 9.30 Å². The number of hydrogen-bond acceptors (Lipinski definition) is 7. The standard InChI is InChI=1S/C24H31FN2O7S/c1-4-32-18-10-8-17(9-11-18)19-15-21(28)27(16-20(19)25)13-12-24(2,35(3,30)31)23(29)26-34-22-7-5-6-14-33-22/h8-11,15-16,22H,4-7,12-14H2,1-3H3,(H,26,29)/t22?,24-/m1/s1/i1D3,4D2. The molecule has 2 heterocycles. The summed E-state index contributed by atoms with van der Waals surface area (Å²) in [6.45, 7) is -4.64. The largest absolute Gasteiger partial charge is 0.494 e. The van der Waals surface area contributed by atoms with Gasteiger partial charge in [0.15, 0.2) is 20.9 Å². The van der Waals surface area contributed by atoms with E-state index in [2.05, 4.69) is 5.48 Å². The van der Waals surface area contributed by atoms with Gasteiger partial charge in [0, 0.05) is 47.8 Å². The number of amides is 1. The van der Waals surface area contributed by atoms with Crippen molar-refractivity contribution in [1.29, 1.82) is 0 Å². The minimum atomic E-state index is -4.00. The molecule has 3 rings (SSSR count). The Hall–Kier alpha value is -2.76. The Balaban J connectivity index is 1.75. The molecule has 1 aromatic carbocycles. The van der Waals surface area contributed by atoms with Crippen LogP contribution in [0.15, 0.2) is 41.3 Å². The Morgan fingerprint density at radius 3 is 2.74 bits per heavy atom. The van der Waals surface area contributed by atoms with Crippen molar-refractivity contribution >= 4 is 15.7 Å². The first-order valence-electron chi connectivity index (χ1n) is 13.4. The van der Waals surface area contributed by atoms with Gasteiger partial charge in [-0.3, -0.25) is 9.59 Å². The molecule has 1 aliphatic heterocycles. The fourth-order valence-corrected chi connectivity index (χ4v) is 4.38. The fourth-order valence-electron chi connectivity index (χ4n) is 3.54. The Morgan fingerprint density at radius 2 is 2.11 bits per heavy atom. The van der Waals surface area contributed by atoms with E-state index < -0.39 is 51.6 Å². The van der Waals surface area contributed by atoms with Crippen molar-refractivity contribution in [3.05, 3.63) is 52.7 Å². The maximum Gasteiger partial charge on any atom is 0.264 e. The number of aromatic nitrogens is 1. The number of hydroxylamine groups is 1. The zero-order chi connectivity index (χ0) is 29.9. The molecule has 0 spiro atoms. The first-order chi connectivity index (χ1) is 18.4. The molecule has 1 aromatic heterocycles. The smallest absolute Gasteiger partial charge is 0.264 e. The van der Waals surface area contributed by atoms with Gasteiger partial charge in [-0.2, -0.15) is 0 Å². The van der Waals surface area contributed by atoms with Crippen molar-refractivity contribution in [2.45, 2.75) is 57.0 Å². The van der Waals surface area contributed by atoms with Crippen LogP contribution in [0.5, 0.6) is 5.75 Å². The topological polar surface area (TPSA) is 113 Å². The van der Waals surface area contributed by atoms with Crippen molar-refractivity contribution < 1.29 is 38.8 Å². The lowest BCUT2D eigenvalue weighted by atomic mass is 10.1. The highest BCUT2D eigenvalue weighted by Gasteiger charge is 2.44. The summed E-state index contributed by atoms with van der Waals surface area (Å²) in [7, 11) is -4.00. The summed E-state index contributed by atoms with van der Waals surface area (Å²) >= 11 is 0. The van der Waals surface area contributed by atoms with E-state index in [0.29, 0.717) is 13.0 Å². The number of nitrogens with one attached hydrogen (secondary N) is 1. The van der Waals surface area contributed by atoms with E-state index in [1.165, 1.54) is 31.2 Å².